The molecule has 3 aromatic rings. The maximum atomic E-state index is 13.0. The lowest BCUT2D eigenvalue weighted by molar-refractivity contribution is -0.123. The second kappa shape index (κ2) is 9.89. The summed E-state index contributed by atoms with van der Waals surface area (Å²) in [5.41, 5.74) is 3.91. The Kier molecular flexibility index (Phi) is 7.03. The van der Waals surface area contributed by atoms with Crippen LogP contribution in [0.4, 0.5) is 10.1 Å². The molecule has 160 valence electrons. The second-order valence-electron chi connectivity index (χ2n) is 7.43. The predicted molar refractivity (Wildman–Crippen MR) is 119 cm³/mol. The lowest BCUT2D eigenvalue weighted by atomic mass is 10.1. The molecule has 0 spiro atoms. The zero-order valence-electron chi connectivity index (χ0n) is 17.7. The maximum absolute atomic E-state index is 13.0. The van der Waals surface area contributed by atoms with E-state index in [1.807, 2.05) is 51.1 Å². The molecular weight excluding hydrogens is 395 g/mol. The Hall–Kier alpha value is -3.67. The molecule has 1 atom stereocenters. The SMILES string of the molecule is Cc1ccc(C)c(OCC(=O)NC(C)c2ccc(NC(=O)c3ccc(F)cc3)cc2)c1. The van der Waals surface area contributed by atoms with E-state index < -0.39 is 5.82 Å². The van der Waals surface area contributed by atoms with Crippen molar-refractivity contribution < 1.29 is 18.7 Å². The van der Waals surface area contributed by atoms with Crippen molar-refractivity contribution in [3.63, 3.8) is 0 Å². The Bertz CT molecular complexity index is 1060. The van der Waals surface area contributed by atoms with E-state index in [9.17, 15) is 14.0 Å². The summed E-state index contributed by atoms with van der Waals surface area (Å²) in [7, 11) is 0. The second-order valence-corrected chi connectivity index (χ2v) is 7.43. The lowest BCUT2D eigenvalue weighted by Gasteiger charge is -2.16. The molecule has 0 fully saturated rings. The summed E-state index contributed by atoms with van der Waals surface area (Å²) in [6.07, 6.45) is 0. The number of ether oxygens (including phenoxy) is 1. The summed E-state index contributed by atoms with van der Waals surface area (Å²) in [6.45, 7) is 5.72. The van der Waals surface area contributed by atoms with Crippen LogP contribution >= 0.6 is 0 Å². The minimum atomic E-state index is -0.392. The molecule has 2 amide bonds. The molecule has 0 aliphatic carbocycles. The Morgan fingerprint density at radius 3 is 2.32 bits per heavy atom. The molecule has 0 radical (unpaired) electrons. The van der Waals surface area contributed by atoms with E-state index in [2.05, 4.69) is 10.6 Å². The van der Waals surface area contributed by atoms with Gasteiger partial charge in [-0.15, -0.1) is 0 Å². The molecule has 0 saturated carbocycles. The molecule has 31 heavy (non-hydrogen) atoms. The van der Waals surface area contributed by atoms with Crippen LogP contribution in [0.3, 0.4) is 0 Å². The van der Waals surface area contributed by atoms with Gasteiger partial charge >= 0.3 is 0 Å². The van der Waals surface area contributed by atoms with Crippen molar-refractivity contribution in [2.45, 2.75) is 26.8 Å². The van der Waals surface area contributed by atoms with Gasteiger partial charge in [0.1, 0.15) is 11.6 Å². The monoisotopic (exact) mass is 420 g/mol. The lowest BCUT2D eigenvalue weighted by Crippen LogP contribution is -2.31. The number of nitrogens with one attached hydrogen (secondary N) is 2. The van der Waals surface area contributed by atoms with Gasteiger partial charge < -0.3 is 15.4 Å². The van der Waals surface area contributed by atoms with Gasteiger partial charge in [-0.05, 0) is 79.9 Å². The Morgan fingerprint density at radius 1 is 0.968 bits per heavy atom. The molecule has 0 aliphatic heterocycles. The smallest absolute Gasteiger partial charge is 0.258 e. The molecule has 2 N–H and O–H groups in total. The van der Waals surface area contributed by atoms with Crippen molar-refractivity contribution in [1.29, 1.82) is 0 Å². The molecule has 0 aliphatic rings. The zero-order chi connectivity index (χ0) is 22.4. The minimum Gasteiger partial charge on any atom is -0.483 e. The molecule has 0 bridgehead atoms. The number of hydrogen-bond donors (Lipinski definition) is 2. The van der Waals surface area contributed by atoms with E-state index in [1.54, 1.807) is 12.1 Å². The maximum Gasteiger partial charge on any atom is 0.258 e. The van der Waals surface area contributed by atoms with Gasteiger partial charge in [-0.3, -0.25) is 9.59 Å². The summed E-state index contributed by atoms with van der Waals surface area (Å²) < 4.78 is 18.6. The van der Waals surface area contributed by atoms with Gasteiger partial charge in [0, 0.05) is 11.3 Å². The highest BCUT2D eigenvalue weighted by atomic mass is 19.1. The number of halogens is 1. The Labute approximate surface area is 181 Å². The zero-order valence-corrected chi connectivity index (χ0v) is 17.7. The number of amides is 2. The fraction of sp³-hybridized carbons (Fsp3) is 0.200. The molecule has 0 saturated heterocycles. The average Bonchev–Trinajstić information content (AvgIpc) is 2.75. The van der Waals surface area contributed by atoms with Gasteiger partial charge in [-0.2, -0.15) is 0 Å². The van der Waals surface area contributed by atoms with Crippen molar-refractivity contribution in [3.05, 3.63) is 94.8 Å². The summed E-state index contributed by atoms with van der Waals surface area (Å²) >= 11 is 0. The molecule has 6 heteroatoms. The van der Waals surface area contributed by atoms with Gasteiger partial charge in [0.25, 0.3) is 11.8 Å². The Morgan fingerprint density at radius 2 is 1.65 bits per heavy atom. The molecule has 5 nitrogen and oxygen atoms in total. The highest BCUT2D eigenvalue weighted by molar-refractivity contribution is 6.04. The number of aryl methyl sites for hydroxylation is 2. The van der Waals surface area contributed by atoms with E-state index in [-0.39, 0.29) is 24.5 Å². The first-order valence-electron chi connectivity index (χ1n) is 9.98. The predicted octanol–water partition coefficient (Wildman–Crippen LogP) is 4.95. The fourth-order valence-electron chi connectivity index (χ4n) is 3.03. The number of benzene rings is 3. The first-order valence-corrected chi connectivity index (χ1v) is 9.98. The normalized spacial score (nSPS) is 11.5. The van der Waals surface area contributed by atoms with Crippen molar-refractivity contribution in [2.24, 2.45) is 0 Å². The largest absolute Gasteiger partial charge is 0.483 e. The first kappa shape index (κ1) is 22.0. The van der Waals surface area contributed by atoms with Crippen LogP contribution in [-0.4, -0.2) is 18.4 Å². The van der Waals surface area contributed by atoms with Crippen LogP contribution in [0, 0.1) is 19.7 Å². The van der Waals surface area contributed by atoms with E-state index in [0.29, 0.717) is 17.0 Å². The number of hydrogen-bond acceptors (Lipinski definition) is 3. The summed E-state index contributed by atoms with van der Waals surface area (Å²) in [5, 5.41) is 5.67. The minimum absolute atomic E-state index is 0.0690. The number of rotatable bonds is 7. The topological polar surface area (TPSA) is 67.4 Å². The molecule has 3 rings (SSSR count). The van der Waals surface area contributed by atoms with E-state index >= 15 is 0 Å². The molecular formula is C25H25FN2O3. The average molecular weight is 420 g/mol. The first-order chi connectivity index (χ1) is 14.8. The van der Waals surface area contributed by atoms with Crippen LogP contribution in [-0.2, 0) is 4.79 Å². The summed E-state index contributed by atoms with van der Waals surface area (Å²) in [4.78, 5) is 24.5. The van der Waals surface area contributed by atoms with Crippen molar-refractivity contribution in [2.75, 3.05) is 11.9 Å². The number of carbonyl (C=O) groups excluding carboxylic acids is 2. The van der Waals surface area contributed by atoms with E-state index in [4.69, 9.17) is 4.74 Å². The Balaban J connectivity index is 1.52. The number of anilines is 1. The van der Waals surface area contributed by atoms with Gasteiger partial charge in [-0.25, -0.2) is 4.39 Å². The van der Waals surface area contributed by atoms with Crippen LogP contribution in [0.25, 0.3) is 0 Å². The van der Waals surface area contributed by atoms with E-state index in [1.165, 1.54) is 24.3 Å². The van der Waals surface area contributed by atoms with Crippen molar-refractivity contribution >= 4 is 17.5 Å². The van der Waals surface area contributed by atoms with Gasteiger partial charge in [0.2, 0.25) is 0 Å². The quantitative estimate of drug-likeness (QED) is 0.568. The highest BCUT2D eigenvalue weighted by Gasteiger charge is 2.12. The van der Waals surface area contributed by atoms with Crippen LogP contribution in [0.1, 0.15) is 40.0 Å². The van der Waals surface area contributed by atoms with Crippen LogP contribution in [0.2, 0.25) is 0 Å². The van der Waals surface area contributed by atoms with Gasteiger partial charge in [0.15, 0.2) is 6.61 Å². The van der Waals surface area contributed by atoms with E-state index in [0.717, 1.165) is 16.7 Å². The third-order valence-electron chi connectivity index (χ3n) is 4.85. The van der Waals surface area contributed by atoms with Crippen LogP contribution < -0.4 is 15.4 Å². The van der Waals surface area contributed by atoms with Gasteiger partial charge in [-0.1, -0.05) is 24.3 Å². The summed E-state index contributed by atoms with van der Waals surface area (Å²) in [5.74, 6) is -0.236. The molecule has 0 aromatic heterocycles. The number of carbonyl (C=O) groups is 2. The van der Waals surface area contributed by atoms with Gasteiger partial charge in [0.05, 0.1) is 6.04 Å². The third kappa shape index (κ3) is 6.15. The van der Waals surface area contributed by atoms with Crippen molar-refractivity contribution in [1.82, 2.24) is 5.32 Å². The third-order valence-corrected chi connectivity index (χ3v) is 4.85. The molecule has 1 unspecified atom stereocenters. The van der Waals surface area contributed by atoms with Crippen molar-refractivity contribution in [3.8, 4) is 5.75 Å². The fourth-order valence-corrected chi connectivity index (χ4v) is 3.03. The molecule has 3 aromatic carbocycles. The van der Waals surface area contributed by atoms with Crippen LogP contribution in [0.15, 0.2) is 66.7 Å². The summed E-state index contributed by atoms with van der Waals surface area (Å²) in [6, 6.07) is 18.2. The molecule has 0 heterocycles. The van der Waals surface area contributed by atoms with Crippen LogP contribution in [0.5, 0.6) is 5.75 Å². The highest BCUT2D eigenvalue weighted by Crippen LogP contribution is 2.20. The standard InChI is InChI=1S/C25H25FN2O3/c1-16-4-5-17(2)23(14-16)31-15-24(29)27-18(3)19-8-12-22(13-9-19)28-25(30)20-6-10-21(26)11-7-20/h4-14,18H,15H2,1-3H3,(H,27,29)(H,28,30).